The van der Waals surface area contributed by atoms with Crippen molar-refractivity contribution in [1.82, 2.24) is 9.78 Å². The Hall–Kier alpha value is -1.84. The van der Waals surface area contributed by atoms with E-state index in [0.717, 1.165) is 30.1 Å². The van der Waals surface area contributed by atoms with Gasteiger partial charge in [-0.25, -0.2) is 0 Å². The van der Waals surface area contributed by atoms with Crippen LogP contribution in [-0.4, -0.2) is 15.6 Å². The van der Waals surface area contributed by atoms with Gasteiger partial charge in [-0.2, -0.15) is 5.10 Å². The summed E-state index contributed by atoms with van der Waals surface area (Å²) in [7, 11) is 0. The standard InChI is InChI=1S/C14H18N2O2/c1-4-12-6-7-14(18-12)13(17)9-11-8-10(3)15-16(11)5-2/h6-8H,4-5,9H2,1-3H3. The largest absolute Gasteiger partial charge is 0.458 e. The van der Waals surface area contributed by atoms with Crippen LogP contribution in [0.2, 0.25) is 0 Å². The van der Waals surface area contributed by atoms with Crippen molar-refractivity contribution in [3.63, 3.8) is 0 Å². The van der Waals surface area contributed by atoms with E-state index in [1.807, 2.05) is 37.6 Å². The van der Waals surface area contributed by atoms with E-state index < -0.39 is 0 Å². The van der Waals surface area contributed by atoms with Crippen LogP contribution in [0.25, 0.3) is 0 Å². The number of aromatic nitrogens is 2. The molecule has 0 aliphatic rings. The van der Waals surface area contributed by atoms with Gasteiger partial charge >= 0.3 is 0 Å². The fourth-order valence-corrected chi connectivity index (χ4v) is 1.98. The van der Waals surface area contributed by atoms with Crippen LogP contribution < -0.4 is 0 Å². The van der Waals surface area contributed by atoms with Crippen molar-refractivity contribution in [3.05, 3.63) is 41.1 Å². The molecule has 2 rings (SSSR count). The fourth-order valence-electron chi connectivity index (χ4n) is 1.98. The third-order valence-corrected chi connectivity index (χ3v) is 2.91. The minimum atomic E-state index is 0.00398. The molecule has 0 unspecified atom stereocenters. The molecule has 0 saturated heterocycles. The van der Waals surface area contributed by atoms with Gasteiger partial charge in [0.15, 0.2) is 5.76 Å². The number of carbonyl (C=O) groups is 1. The molecule has 0 radical (unpaired) electrons. The van der Waals surface area contributed by atoms with Crippen molar-refractivity contribution in [2.45, 2.75) is 40.2 Å². The highest BCUT2D eigenvalue weighted by Gasteiger charge is 2.14. The Bertz CT molecular complexity index is 552. The first-order valence-corrected chi connectivity index (χ1v) is 6.29. The first-order valence-electron chi connectivity index (χ1n) is 6.29. The van der Waals surface area contributed by atoms with Gasteiger partial charge in [0.1, 0.15) is 5.76 Å². The molecule has 0 aromatic carbocycles. The molecule has 18 heavy (non-hydrogen) atoms. The summed E-state index contributed by atoms with van der Waals surface area (Å²) in [4.78, 5) is 12.1. The number of furan rings is 1. The van der Waals surface area contributed by atoms with Gasteiger partial charge in [-0.15, -0.1) is 0 Å². The van der Waals surface area contributed by atoms with E-state index in [9.17, 15) is 4.79 Å². The summed E-state index contributed by atoms with van der Waals surface area (Å²) < 4.78 is 7.33. The second-order valence-corrected chi connectivity index (χ2v) is 4.31. The Morgan fingerprint density at radius 2 is 2.17 bits per heavy atom. The molecule has 4 heteroatoms. The Morgan fingerprint density at radius 3 is 2.78 bits per heavy atom. The van der Waals surface area contributed by atoms with Crippen LogP contribution in [0.3, 0.4) is 0 Å². The lowest BCUT2D eigenvalue weighted by Crippen LogP contribution is -2.09. The topological polar surface area (TPSA) is 48.0 Å². The Kier molecular flexibility index (Phi) is 3.65. The molecular weight excluding hydrogens is 228 g/mol. The molecule has 0 spiro atoms. The van der Waals surface area contributed by atoms with Gasteiger partial charge in [0.05, 0.1) is 12.1 Å². The number of rotatable bonds is 5. The Labute approximate surface area is 107 Å². The molecule has 0 amide bonds. The number of carbonyl (C=O) groups excluding carboxylic acids is 1. The number of hydrogen-bond acceptors (Lipinski definition) is 3. The van der Waals surface area contributed by atoms with Gasteiger partial charge in [0.25, 0.3) is 0 Å². The van der Waals surface area contributed by atoms with E-state index in [-0.39, 0.29) is 5.78 Å². The molecular formula is C14H18N2O2. The second kappa shape index (κ2) is 5.21. The molecule has 2 aromatic rings. The predicted molar refractivity (Wildman–Crippen MR) is 68.8 cm³/mol. The molecule has 96 valence electrons. The Balaban J connectivity index is 2.15. The van der Waals surface area contributed by atoms with Crippen molar-refractivity contribution in [2.24, 2.45) is 0 Å². The minimum absolute atomic E-state index is 0.00398. The Morgan fingerprint density at radius 1 is 1.39 bits per heavy atom. The minimum Gasteiger partial charge on any atom is -0.458 e. The molecule has 0 N–H and O–H groups in total. The first kappa shape index (κ1) is 12.6. The molecule has 0 atom stereocenters. The van der Waals surface area contributed by atoms with Gasteiger partial charge < -0.3 is 4.42 Å². The number of Topliss-reactive ketones (excluding diaryl/α,β-unsaturated/α-hetero) is 1. The molecule has 0 fully saturated rings. The third kappa shape index (κ3) is 2.53. The van der Waals surface area contributed by atoms with Crippen LogP contribution in [0.5, 0.6) is 0 Å². The number of aryl methyl sites for hydroxylation is 3. The van der Waals surface area contributed by atoms with Crippen LogP contribution in [-0.2, 0) is 19.4 Å². The van der Waals surface area contributed by atoms with Crippen molar-refractivity contribution < 1.29 is 9.21 Å². The maximum atomic E-state index is 12.1. The van der Waals surface area contributed by atoms with Crippen LogP contribution in [0.15, 0.2) is 22.6 Å². The smallest absolute Gasteiger partial charge is 0.203 e. The first-order chi connectivity index (χ1) is 8.63. The third-order valence-electron chi connectivity index (χ3n) is 2.91. The van der Waals surface area contributed by atoms with Gasteiger partial charge in [0, 0.05) is 18.7 Å². The van der Waals surface area contributed by atoms with E-state index in [1.165, 1.54) is 0 Å². The fraction of sp³-hybridized carbons (Fsp3) is 0.429. The number of nitrogens with zero attached hydrogens (tertiary/aromatic N) is 2. The number of ketones is 1. The summed E-state index contributed by atoms with van der Waals surface area (Å²) in [5, 5.41) is 4.33. The highest BCUT2D eigenvalue weighted by molar-refractivity contribution is 5.94. The summed E-state index contributed by atoms with van der Waals surface area (Å²) in [5.74, 6) is 1.29. The molecule has 4 nitrogen and oxygen atoms in total. The molecule has 0 aliphatic carbocycles. The van der Waals surface area contributed by atoms with Gasteiger partial charge in [-0.3, -0.25) is 9.48 Å². The lowest BCUT2D eigenvalue weighted by Gasteiger charge is -2.02. The summed E-state index contributed by atoms with van der Waals surface area (Å²) in [6.45, 7) is 6.72. The van der Waals surface area contributed by atoms with Crippen LogP contribution in [0, 0.1) is 6.92 Å². The average molecular weight is 246 g/mol. The maximum absolute atomic E-state index is 12.1. The molecule has 2 heterocycles. The zero-order valence-corrected chi connectivity index (χ0v) is 11.1. The van der Waals surface area contributed by atoms with Crippen LogP contribution in [0.4, 0.5) is 0 Å². The quantitative estimate of drug-likeness (QED) is 0.762. The molecule has 0 saturated carbocycles. The highest BCUT2D eigenvalue weighted by Crippen LogP contribution is 2.13. The highest BCUT2D eigenvalue weighted by atomic mass is 16.3. The summed E-state index contributed by atoms with van der Waals surface area (Å²) in [5.41, 5.74) is 1.88. The van der Waals surface area contributed by atoms with Crippen molar-refractivity contribution in [3.8, 4) is 0 Å². The van der Waals surface area contributed by atoms with E-state index in [4.69, 9.17) is 4.42 Å². The zero-order chi connectivity index (χ0) is 13.1. The summed E-state index contributed by atoms with van der Waals surface area (Å²) >= 11 is 0. The summed E-state index contributed by atoms with van der Waals surface area (Å²) in [6.07, 6.45) is 1.14. The van der Waals surface area contributed by atoms with Gasteiger partial charge in [-0.1, -0.05) is 6.92 Å². The lowest BCUT2D eigenvalue weighted by molar-refractivity contribution is 0.0962. The lowest BCUT2D eigenvalue weighted by atomic mass is 10.1. The molecule has 0 bridgehead atoms. The number of hydrogen-bond donors (Lipinski definition) is 0. The predicted octanol–water partition coefficient (Wildman–Crippen LogP) is 2.79. The van der Waals surface area contributed by atoms with Crippen LogP contribution >= 0.6 is 0 Å². The van der Waals surface area contributed by atoms with Crippen molar-refractivity contribution in [1.29, 1.82) is 0 Å². The van der Waals surface area contributed by atoms with Crippen molar-refractivity contribution >= 4 is 5.78 Å². The second-order valence-electron chi connectivity index (χ2n) is 4.31. The monoisotopic (exact) mass is 246 g/mol. The van der Waals surface area contributed by atoms with Gasteiger partial charge in [0.2, 0.25) is 5.78 Å². The SMILES string of the molecule is CCc1ccc(C(=O)Cc2cc(C)nn2CC)o1. The van der Waals surface area contributed by atoms with Gasteiger partial charge in [-0.05, 0) is 32.0 Å². The summed E-state index contributed by atoms with van der Waals surface area (Å²) in [6, 6.07) is 5.56. The maximum Gasteiger partial charge on any atom is 0.203 e. The van der Waals surface area contributed by atoms with E-state index in [0.29, 0.717) is 12.2 Å². The zero-order valence-electron chi connectivity index (χ0n) is 11.1. The van der Waals surface area contributed by atoms with E-state index >= 15 is 0 Å². The van der Waals surface area contributed by atoms with E-state index in [2.05, 4.69) is 5.10 Å². The average Bonchev–Trinajstić information content (AvgIpc) is 2.95. The molecule has 2 aromatic heterocycles. The normalized spacial score (nSPS) is 10.8. The van der Waals surface area contributed by atoms with E-state index in [1.54, 1.807) is 6.07 Å². The van der Waals surface area contributed by atoms with Crippen molar-refractivity contribution in [2.75, 3.05) is 0 Å². The molecule has 0 aliphatic heterocycles. The van der Waals surface area contributed by atoms with Crippen LogP contribution in [0.1, 0.15) is 41.6 Å².